The van der Waals surface area contributed by atoms with Gasteiger partial charge in [-0.25, -0.2) is 4.39 Å². The Bertz CT molecular complexity index is 473. The number of rotatable bonds is 4. The molecule has 0 bridgehead atoms. The SMILES string of the molecule is O=C(CCc1ccc(Br)cc1F)NC1CCC(O)CC1. The van der Waals surface area contributed by atoms with Gasteiger partial charge in [-0.2, -0.15) is 0 Å². The van der Waals surface area contributed by atoms with Gasteiger partial charge < -0.3 is 10.4 Å². The van der Waals surface area contributed by atoms with Gasteiger partial charge in [-0.1, -0.05) is 22.0 Å². The summed E-state index contributed by atoms with van der Waals surface area (Å²) in [7, 11) is 0. The number of aliphatic hydroxyl groups excluding tert-OH is 1. The van der Waals surface area contributed by atoms with Crippen LogP contribution in [0, 0.1) is 5.82 Å². The number of amides is 1. The van der Waals surface area contributed by atoms with Crippen LogP contribution in [0.2, 0.25) is 0 Å². The Morgan fingerprint density at radius 1 is 1.35 bits per heavy atom. The molecule has 2 N–H and O–H groups in total. The first-order valence-electron chi connectivity index (χ1n) is 6.96. The van der Waals surface area contributed by atoms with E-state index < -0.39 is 0 Å². The molecule has 1 fully saturated rings. The van der Waals surface area contributed by atoms with Gasteiger partial charge in [0.05, 0.1) is 6.10 Å². The lowest BCUT2D eigenvalue weighted by Crippen LogP contribution is -2.38. The molecule has 1 aliphatic rings. The molecule has 0 spiro atoms. The van der Waals surface area contributed by atoms with Crippen LogP contribution in [-0.4, -0.2) is 23.2 Å². The normalized spacial score (nSPS) is 22.6. The average Bonchev–Trinajstić information content (AvgIpc) is 2.40. The standard InChI is InChI=1S/C15H19BrFNO2/c16-11-3-1-10(14(17)9-11)2-8-15(20)18-12-4-6-13(19)7-5-12/h1,3,9,12-13,19H,2,4-8H2,(H,18,20). The van der Waals surface area contributed by atoms with Gasteiger partial charge in [0.25, 0.3) is 0 Å². The average molecular weight is 344 g/mol. The van der Waals surface area contributed by atoms with E-state index in [1.807, 2.05) is 0 Å². The van der Waals surface area contributed by atoms with E-state index in [0.717, 1.165) is 25.7 Å². The number of hydrogen-bond donors (Lipinski definition) is 2. The van der Waals surface area contributed by atoms with Crippen molar-refractivity contribution in [3.05, 3.63) is 34.1 Å². The van der Waals surface area contributed by atoms with E-state index in [0.29, 0.717) is 16.5 Å². The molecule has 1 aliphatic carbocycles. The molecule has 0 heterocycles. The maximum atomic E-state index is 13.6. The molecular weight excluding hydrogens is 325 g/mol. The lowest BCUT2D eigenvalue weighted by Gasteiger charge is -2.26. The second kappa shape index (κ2) is 7.18. The van der Waals surface area contributed by atoms with E-state index in [9.17, 15) is 14.3 Å². The zero-order valence-corrected chi connectivity index (χ0v) is 12.8. The molecule has 20 heavy (non-hydrogen) atoms. The molecular formula is C15H19BrFNO2. The first-order chi connectivity index (χ1) is 9.54. The minimum absolute atomic E-state index is 0.0475. The summed E-state index contributed by atoms with van der Waals surface area (Å²) in [4.78, 5) is 11.8. The smallest absolute Gasteiger partial charge is 0.220 e. The third-order valence-electron chi connectivity index (χ3n) is 3.70. The van der Waals surface area contributed by atoms with Crippen LogP contribution < -0.4 is 5.32 Å². The van der Waals surface area contributed by atoms with Crippen molar-refractivity contribution in [2.45, 2.75) is 50.7 Å². The quantitative estimate of drug-likeness (QED) is 0.882. The highest BCUT2D eigenvalue weighted by Crippen LogP contribution is 2.19. The molecule has 110 valence electrons. The van der Waals surface area contributed by atoms with Crippen LogP contribution in [0.25, 0.3) is 0 Å². The second-order valence-corrected chi connectivity index (χ2v) is 6.22. The fourth-order valence-electron chi connectivity index (χ4n) is 2.49. The minimum Gasteiger partial charge on any atom is -0.393 e. The molecule has 1 aromatic rings. The highest BCUT2D eigenvalue weighted by molar-refractivity contribution is 9.10. The van der Waals surface area contributed by atoms with Crippen molar-refractivity contribution in [1.82, 2.24) is 5.32 Å². The van der Waals surface area contributed by atoms with Crippen LogP contribution in [0.1, 0.15) is 37.7 Å². The Labute approximate surface area is 126 Å². The third-order valence-corrected chi connectivity index (χ3v) is 4.19. The van der Waals surface area contributed by atoms with Crippen LogP contribution in [-0.2, 0) is 11.2 Å². The van der Waals surface area contributed by atoms with E-state index in [1.54, 1.807) is 12.1 Å². The highest BCUT2D eigenvalue weighted by atomic mass is 79.9. The molecule has 5 heteroatoms. The molecule has 0 aliphatic heterocycles. The summed E-state index contributed by atoms with van der Waals surface area (Å²) in [5.74, 6) is -0.332. The molecule has 0 unspecified atom stereocenters. The van der Waals surface area contributed by atoms with Gasteiger partial charge in [-0.15, -0.1) is 0 Å². The maximum absolute atomic E-state index is 13.6. The Morgan fingerprint density at radius 2 is 2.05 bits per heavy atom. The van der Waals surface area contributed by atoms with Crippen molar-refractivity contribution in [2.75, 3.05) is 0 Å². The van der Waals surface area contributed by atoms with Crippen LogP contribution in [0.4, 0.5) is 4.39 Å². The first kappa shape index (κ1) is 15.4. The largest absolute Gasteiger partial charge is 0.393 e. The summed E-state index contributed by atoms with van der Waals surface area (Å²) in [6.45, 7) is 0. The van der Waals surface area contributed by atoms with E-state index in [-0.39, 0.29) is 30.3 Å². The van der Waals surface area contributed by atoms with Crippen molar-refractivity contribution < 1.29 is 14.3 Å². The number of carbonyl (C=O) groups excluding carboxylic acids is 1. The molecule has 0 radical (unpaired) electrons. The molecule has 1 aromatic carbocycles. The van der Waals surface area contributed by atoms with E-state index in [1.165, 1.54) is 6.07 Å². The molecule has 1 amide bonds. The Hall–Kier alpha value is -0.940. The second-order valence-electron chi connectivity index (χ2n) is 5.31. The van der Waals surface area contributed by atoms with Gasteiger partial charge in [0.15, 0.2) is 0 Å². The predicted octanol–water partition coefficient (Wildman–Crippen LogP) is 2.94. The zero-order valence-electron chi connectivity index (χ0n) is 11.2. The van der Waals surface area contributed by atoms with Crippen LogP contribution >= 0.6 is 15.9 Å². The fraction of sp³-hybridized carbons (Fsp3) is 0.533. The highest BCUT2D eigenvalue weighted by Gasteiger charge is 2.20. The lowest BCUT2D eigenvalue weighted by atomic mass is 9.93. The van der Waals surface area contributed by atoms with Gasteiger partial charge >= 0.3 is 0 Å². The Balaban J connectivity index is 1.77. The van der Waals surface area contributed by atoms with Crippen LogP contribution in [0.3, 0.4) is 0 Å². The number of nitrogens with one attached hydrogen (secondary N) is 1. The van der Waals surface area contributed by atoms with Gasteiger partial charge in [0.1, 0.15) is 5.82 Å². The van der Waals surface area contributed by atoms with E-state index in [2.05, 4.69) is 21.2 Å². The number of aliphatic hydroxyl groups is 1. The van der Waals surface area contributed by atoms with Crippen LogP contribution in [0.15, 0.2) is 22.7 Å². The third kappa shape index (κ3) is 4.56. The molecule has 1 saturated carbocycles. The minimum atomic E-state index is -0.284. The summed E-state index contributed by atoms with van der Waals surface area (Å²) in [6.07, 6.45) is 3.59. The molecule has 3 nitrogen and oxygen atoms in total. The number of halogens is 2. The topological polar surface area (TPSA) is 49.3 Å². The molecule has 2 rings (SSSR count). The van der Waals surface area contributed by atoms with Crippen molar-refractivity contribution in [3.63, 3.8) is 0 Å². The zero-order chi connectivity index (χ0) is 14.5. The first-order valence-corrected chi connectivity index (χ1v) is 7.75. The lowest BCUT2D eigenvalue weighted by molar-refractivity contribution is -0.122. The molecule has 0 aromatic heterocycles. The van der Waals surface area contributed by atoms with Crippen LogP contribution in [0.5, 0.6) is 0 Å². The summed E-state index contributed by atoms with van der Waals surface area (Å²) >= 11 is 3.21. The monoisotopic (exact) mass is 343 g/mol. The summed E-state index contributed by atoms with van der Waals surface area (Å²) < 4.78 is 14.3. The predicted molar refractivity (Wildman–Crippen MR) is 78.8 cm³/mol. The van der Waals surface area contributed by atoms with Gasteiger partial charge in [-0.05, 0) is 49.8 Å². The maximum Gasteiger partial charge on any atom is 0.220 e. The fourth-order valence-corrected chi connectivity index (χ4v) is 2.83. The van der Waals surface area contributed by atoms with Crippen molar-refractivity contribution in [3.8, 4) is 0 Å². The van der Waals surface area contributed by atoms with Crippen molar-refractivity contribution in [1.29, 1.82) is 0 Å². The number of benzene rings is 1. The molecule has 0 saturated heterocycles. The van der Waals surface area contributed by atoms with Gasteiger partial charge in [0.2, 0.25) is 5.91 Å². The Kier molecular flexibility index (Phi) is 5.54. The van der Waals surface area contributed by atoms with E-state index >= 15 is 0 Å². The number of hydrogen-bond acceptors (Lipinski definition) is 2. The van der Waals surface area contributed by atoms with Gasteiger partial charge in [-0.3, -0.25) is 4.79 Å². The Morgan fingerprint density at radius 3 is 2.70 bits per heavy atom. The van der Waals surface area contributed by atoms with Crippen molar-refractivity contribution >= 4 is 21.8 Å². The number of carbonyl (C=O) groups is 1. The summed E-state index contributed by atoms with van der Waals surface area (Å²) in [6, 6.07) is 5.04. The van der Waals surface area contributed by atoms with Crippen molar-refractivity contribution in [2.24, 2.45) is 0 Å². The summed E-state index contributed by atoms with van der Waals surface area (Å²) in [5, 5.41) is 12.4. The molecule has 0 atom stereocenters. The number of aryl methyl sites for hydroxylation is 1. The van der Waals surface area contributed by atoms with E-state index in [4.69, 9.17) is 0 Å². The summed E-state index contributed by atoms with van der Waals surface area (Å²) in [5.41, 5.74) is 0.558. The van der Waals surface area contributed by atoms with Gasteiger partial charge in [0, 0.05) is 16.9 Å².